The Bertz CT molecular complexity index is 985. The van der Waals surface area contributed by atoms with Gasteiger partial charge in [0.1, 0.15) is 18.1 Å². The highest BCUT2D eigenvalue weighted by Gasteiger charge is 2.37. The van der Waals surface area contributed by atoms with E-state index in [9.17, 15) is 14.0 Å². The van der Waals surface area contributed by atoms with Crippen LogP contribution in [-0.2, 0) is 9.59 Å². The first kappa shape index (κ1) is 20.1. The van der Waals surface area contributed by atoms with Gasteiger partial charge in [0.15, 0.2) is 0 Å². The van der Waals surface area contributed by atoms with Gasteiger partial charge in [-0.1, -0.05) is 30.3 Å². The molecule has 0 unspecified atom stereocenters. The van der Waals surface area contributed by atoms with Crippen LogP contribution in [0.4, 0.5) is 4.39 Å². The van der Waals surface area contributed by atoms with Crippen molar-refractivity contribution in [2.75, 3.05) is 20.7 Å². The van der Waals surface area contributed by atoms with Crippen LogP contribution in [-0.4, -0.2) is 48.1 Å². The SMILES string of the molecule is COc1ccc([C@H]2CC(c3ccccc3F)=NN2C(=O)CN(C)C(=O)C2CC2)cc1. The van der Waals surface area contributed by atoms with Crippen molar-refractivity contribution in [3.05, 3.63) is 65.5 Å². The van der Waals surface area contributed by atoms with Crippen LogP contribution in [0.3, 0.4) is 0 Å². The van der Waals surface area contributed by atoms with Crippen molar-refractivity contribution in [3.8, 4) is 5.75 Å². The molecule has 30 heavy (non-hydrogen) atoms. The lowest BCUT2D eigenvalue weighted by atomic mass is 9.98. The number of hydrazone groups is 1. The van der Waals surface area contributed by atoms with Crippen LogP contribution in [0, 0.1) is 11.7 Å². The summed E-state index contributed by atoms with van der Waals surface area (Å²) >= 11 is 0. The predicted octanol–water partition coefficient (Wildman–Crippen LogP) is 3.38. The highest BCUT2D eigenvalue weighted by Crippen LogP contribution is 2.35. The van der Waals surface area contributed by atoms with Gasteiger partial charge >= 0.3 is 0 Å². The van der Waals surface area contributed by atoms with Gasteiger partial charge in [-0.3, -0.25) is 9.59 Å². The van der Waals surface area contributed by atoms with Crippen molar-refractivity contribution in [3.63, 3.8) is 0 Å². The molecule has 2 amide bonds. The van der Waals surface area contributed by atoms with Gasteiger partial charge in [-0.25, -0.2) is 9.40 Å². The quantitative estimate of drug-likeness (QED) is 0.735. The molecule has 7 heteroatoms. The Morgan fingerprint density at radius 3 is 2.50 bits per heavy atom. The van der Waals surface area contributed by atoms with Gasteiger partial charge in [0.25, 0.3) is 5.91 Å². The van der Waals surface area contributed by atoms with E-state index >= 15 is 0 Å². The fourth-order valence-corrected chi connectivity index (χ4v) is 3.68. The third-order valence-electron chi connectivity index (χ3n) is 5.53. The Labute approximate surface area is 174 Å². The second-order valence-corrected chi connectivity index (χ2v) is 7.73. The normalized spacial score (nSPS) is 18.2. The van der Waals surface area contributed by atoms with Gasteiger partial charge in [-0.2, -0.15) is 5.10 Å². The molecule has 1 fully saturated rings. The molecular weight excluding hydrogens is 385 g/mol. The number of halogens is 1. The van der Waals surface area contributed by atoms with Gasteiger partial charge in [0, 0.05) is 24.9 Å². The number of hydrogen-bond acceptors (Lipinski definition) is 4. The number of benzene rings is 2. The smallest absolute Gasteiger partial charge is 0.262 e. The Morgan fingerprint density at radius 2 is 1.87 bits per heavy atom. The Kier molecular flexibility index (Phi) is 5.53. The minimum Gasteiger partial charge on any atom is -0.497 e. The summed E-state index contributed by atoms with van der Waals surface area (Å²) in [7, 11) is 3.23. The van der Waals surface area contributed by atoms with Crippen molar-refractivity contribution in [1.29, 1.82) is 0 Å². The summed E-state index contributed by atoms with van der Waals surface area (Å²) in [6, 6.07) is 13.4. The van der Waals surface area contributed by atoms with Crippen molar-refractivity contribution < 1.29 is 18.7 Å². The fourth-order valence-electron chi connectivity index (χ4n) is 3.68. The highest BCUT2D eigenvalue weighted by atomic mass is 19.1. The van der Waals surface area contributed by atoms with E-state index in [1.54, 1.807) is 32.4 Å². The molecule has 0 radical (unpaired) electrons. The molecule has 1 aliphatic carbocycles. The molecule has 0 spiro atoms. The van der Waals surface area contributed by atoms with Gasteiger partial charge in [0.05, 0.1) is 18.9 Å². The molecular formula is C23H24FN3O3. The molecule has 2 aromatic rings. The minimum absolute atomic E-state index is 0.0122. The molecule has 0 aromatic heterocycles. The number of methoxy groups -OCH3 is 1. The van der Waals surface area contributed by atoms with E-state index in [1.807, 2.05) is 24.3 Å². The molecule has 1 saturated carbocycles. The number of carbonyl (C=O) groups excluding carboxylic acids is 2. The average Bonchev–Trinajstić information content (AvgIpc) is 3.51. The number of likely N-dealkylation sites (N-methyl/N-ethyl adjacent to an activating group) is 1. The summed E-state index contributed by atoms with van der Waals surface area (Å²) in [5, 5.41) is 5.87. The lowest BCUT2D eigenvalue weighted by Crippen LogP contribution is -2.39. The van der Waals surface area contributed by atoms with Crippen molar-refractivity contribution >= 4 is 17.5 Å². The molecule has 4 rings (SSSR count). The number of ether oxygens (including phenoxy) is 1. The van der Waals surface area contributed by atoms with Gasteiger partial charge in [-0.05, 0) is 36.6 Å². The summed E-state index contributed by atoms with van der Waals surface area (Å²) in [5.74, 6) is 0.0661. The summed E-state index contributed by atoms with van der Waals surface area (Å²) in [5.41, 5.74) is 1.77. The third-order valence-corrected chi connectivity index (χ3v) is 5.53. The standard InChI is InChI=1S/C23H24FN3O3/c1-26(23(29)16-7-8-16)14-22(28)27-21(15-9-11-17(30-2)12-10-15)13-20(25-27)18-5-3-4-6-19(18)24/h3-6,9-12,16,21H,7-8,13-14H2,1-2H3/t21-/m1/s1. The number of hydrogen-bond donors (Lipinski definition) is 0. The summed E-state index contributed by atoms with van der Waals surface area (Å²) < 4.78 is 19.6. The fraction of sp³-hybridized carbons (Fsp3) is 0.348. The van der Waals surface area contributed by atoms with Crippen LogP contribution in [0.25, 0.3) is 0 Å². The topological polar surface area (TPSA) is 62.2 Å². The molecule has 1 aliphatic heterocycles. The van der Waals surface area contributed by atoms with Crippen molar-refractivity contribution in [2.45, 2.75) is 25.3 Å². The first-order chi connectivity index (χ1) is 14.5. The summed E-state index contributed by atoms with van der Waals surface area (Å²) in [6.45, 7) is -0.0595. The Balaban J connectivity index is 1.61. The maximum atomic E-state index is 14.4. The van der Waals surface area contributed by atoms with Gasteiger partial charge < -0.3 is 9.64 Å². The molecule has 6 nitrogen and oxygen atoms in total. The Hall–Kier alpha value is -3.22. The number of amides is 2. The number of nitrogens with zero attached hydrogens (tertiary/aromatic N) is 3. The van der Waals surface area contributed by atoms with Crippen LogP contribution in [0.2, 0.25) is 0 Å². The summed E-state index contributed by atoms with van der Waals surface area (Å²) in [6.07, 6.45) is 2.15. The molecule has 0 N–H and O–H groups in total. The first-order valence-corrected chi connectivity index (χ1v) is 10.0. The summed E-state index contributed by atoms with van der Waals surface area (Å²) in [4.78, 5) is 26.8. The molecule has 1 heterocycles. The predicted molar refractivity (Wildman–Crippen MR) is 110 cm³/mol. The van der Waals surface area contributed by atoms with Crippen LogP contribution in [0.5, 0.6) is 5.75 Å². The lowest BCUT2D eigenvalue weighted by molar-refractivity contribution is -0.141. The molecule has 2 aromatic carbocycles. The van der Waals surface area contributed by atoms with E-state index in [0.29, 0.717) is 23.4 Å². The zero-order chi connectivity index (χ0) is 21.3. The number of rotatable bonds is 6. The lowest BCUT2D eigenvalue weighted by Gasteiger charge is -2.25. The molecule has 2 aliphatic rings. The van der Waals surface area contributed by atoms with E-state index in [-0.39, 0.29) is 36.1 Å². The second kappa shape index (κ2) is 8.26. The van der Waals surface area contributed by atoms with E-state index in [1.165, 1.54) is 16.0 Å². The molecule has 0 saturated heterocycles. The average molecular weight is 409 g/mol. The van der Waals surface area contributed by atoms with Crippen LogP contribution >= 0.6 is 0 Å². The minimum atomic E-state index is -0.375. The Morgan fingerprint density at radius 1 is 1.17 bits per heavy atom. The zero-order valence-corrected chi connectivity index (χ0v) is 17.0. The van der Waals surface area contributed by atoms with Gasteiger partial charge in [0.2, 0.25) is 5.91 Å². The second-order valence-electron chi connectivity index (χ2n) is 7.73. The highest BCUT2D eigenvalue weighted by molar-refractivity contribution is 6.03. The van der Waals surface area contributed by atoms with Crippen molar-refractivity contribution in [2.24, 2.45) is 11.0 Å². The monoisotopic (exact) mass is 409 g/mol. The van der Waals surface area contributed by atoms with Crippen LogP contribution in [0.1, 0.15) is 36.4 Å². The van der Waals surface area contributed by atoms with E-state index in [4.69, 9.17) is 4.74 Å². The molecule has 156 valence electrons. The molecule has 1 atom stereocenters. The van der Waals surface area contributed by atoms with E-state index in [2.05, 4.69) is 5.10 Å². The van der Waals surface area contributed by atoms with Crippen LogP contribution in [0.15, 0.2) is 53.6 Å². The maximum Gasteiger partial charge on any atom is 0.262 e. The van der Waals surface area contributed by atoms with E-state index in [0.717, 1.165) is 18.4 Å². The first-order valence-electron chi connectivity index (χ1n) is 10.0. The van der Waals surface area contributed by atoms with Crippen LogP contribution < -0.4 is 4.74 Å². The largest absolute Gasteiger partial charge is 0.497 e. The van der Waals surface area contributed by atoms with Crippen molar-refractivity contribution in [1.82, 2.24) is 9.91 Å². The van der Waals surface area contributed by atoms with Gasteiger partial charge in [-0.15, -0.1) is 0 Å². The third kappa shape index (κ3) is 4.06. The molecule has 0 bridgehead atoms. The maximum absolute atomic E-state index is 14.4. The number of carbonyl (C=O) groups is 2. The van der Waals surface area contributed by atoms with E-state index < -0.39 is 0 Å². The zero-order valence-electron chi connectivity index (χ0n) is 17.0.